The van der Waals surface area contributed by atoms with Crippen molar-refractivity contribution in [2.24, 2.45) is 0 Å². The molecule has 0 radical (unpaired) electrons. The summed E-state index contributed by atoms with van der Waals surface area (Å²) >= 11 is 5.67. The Kier molecular flexibility index (Phi) is 4.99. The minimum absolute atomic E-state index is 0.130. The van der Waals surface area contributed by atoms with E-state index in [1.54, 1.807) is 0 Å². The number of benzene rings is 1. The molecule has 2 rings (SSSR count). The second kappa shape index (κ2) is 6.37. The van der Waals surface area contributed by atoms with E-state index in [0.717, 1.165) is 37.8 Å². The van der Waals surface area contributed by atoms with Crippen molar-refractivity contribution in [3.63, 3.8) is 0 Å². The average molecular weight is 324 g/mol. The molecule has 0 saturated heterocycles. The largest absolute Gasteiger partial charge is 0.246 e. The molecule has 0 heterocycles. The van der Waals surface area contributed by atoms with Crippen LogP contribution in [-0.4, -0.2) is 31.2 Å². The fraction of sp³-hybridized carbons (Fsp3) is 0.538. The van der Waals surface area contributed by atoms with Crippen LogP contribution in [0.3, 0.4) is 0 Å². The Morgan fingerprint density at radius 2 is 1.90 bits per heavy atom. The third-order valence-corrected chi connectivity index (χ3v) is 5.67. The molecule has 0 atom stereocenters. The number of alkyl halides is 1. The molecule has 1 fully saturated rings. The molecule has 1 aliphatic rings. The van der Waals surface area contributed by atoms with E-state index in [-0.39, 0.29) is 18.5 Å². The lowest BCUT2D eigenvalue weighted by atomic mass is 10.2. The van der Waals surface area contributed by atoms with Crippen LogP contribution in [0.4, 0.5) is 8.78 Å². The molecule has 0 bridgehead atoms. The van der Waals surface area contributed by atoms with Crippen molar-refractivity contribution in [3.8, 4) is 0 Å². The van der Waals surface area contributed by atoms with E-state index in [9.17, 15) is 17.2 Å². The third-order valence-electron chi connectivity index (χ3n) is 3.52. The van der Waals surface area contributed by atoms with E-state index in [4.69, 9.17) is 11.6 Å². The van der Waals surface area contributed by atoms with Crippen LogP contribution in [0.2, 0.25) is 0 Å². The molecule has 0 N–H and O–H groups in total. The van der Waals surface area contributed by atoms with E-state index >= 15 is 0 Å². The summed E-state index contributed by atoms with van der Waals surface area (Å²) in [7, 11) is -3.99. The first kappa shape index (κ1) is 15.7. The Morgan fingerprint density at radius 3 is 2.45 bits per heavy atom. The monoisotopic (exact) mass is 323 g/mol. The van der Waals surface area contributed by atoms with Crippen molar-refractivity contribution in [1.29, 1.82) is 0 Å². The zero-order chi connectivity index (χ0) is 14.8. The normalized spacial score (nSPS) is 17.0. The highest BCUT2D eigenvalue weighted by molar-refractivity contribution is 7.89. The van der Waals surface area contributed by atoms with Gasteiger partial charge in [0.15, 0.2) is 0 Å². The van der Waals surface area contributed by atoms with E-state index in [2.05, 4.69) is 0 Å². The van der Waals surface area contributed by atoms with Gasteiger partial charge in [0, 0.05) is 24.5 Å². The van der Waals surface area contributed by atoms with Crippen LogP contribution in [0.1, 0.15) is 25.7 Å². The quantitative estimate of drug-likeness (QED) is 0.781. The summed E-state index contributed by atoms with van der Waals surface area (Å²) in [5.41, 5.74) is 0. The Morgan fingerprint density at radius 1 is 1.25 bits per heavy atom. The number of sulfonamides is 1. The van der Waals surface area contributed by atoms with Crippen LogP contribution in [0, 0.1) is 11.6 Å². The lowest BCUT2D eigenvalue weighted by molar-refractivity contribution is 0.335. The van der Waals surface area contributed by atoms with E-state index in [0.29, 0.717) is 6.07 Å². The zero-order valence-electron chi connectivity index (χ0n) is 10.9. The number of hydrogen-bond acceptors (Lipinski definition) is 2. The molecule has 1 saturated carbocycles. The SMILES string of the molecule is O=S(=O)(c1ccc(F)cc1F)N(CCCl)C1CCCC1. The molecule has 0 unspecified atom stereocenters. The standard InChI is InChI=1S/C13H16ClF2NO2S/c14-7-8-17(11-3-1-2-4-11)20(18,19)13-6-5-10(15)9-12(13)16/h5-6,9,11H,1-4,7-8H2. The van der Waals surface area contributed by atoms with E-state index in [1.165, 1.54) is 4.31 Å². The molecular formula is C13H16ClF2NO2S. The molecule has 3 nitrogen and oxygen atoms in total. The summed E-state index contributed by atoms with van der Waals surface area (Å²) in [6.07, 6.45) is 3.40. The smallest absolute Gasteiger partial charge is 0.207 e. The molecule has 0 aromatic heterocycles. The summed E-state index contributed by atoms with van der Waals surface area (Å²) in [5.74, 6) is -1.73. The maximum Gasteiger partial charge on any atom is 0.246 e. The fourth-order valence-corrected chi connectivity index (χ4v) is 4.60. The van der Waals surface area contributed by atoms with Crippen molar-refractivity contribution in [2.75, 3.05) is 12.4 Å². The number of rotatable bonds is 5. The molecule has 0 spiro atoms. The molecule has 1 aromatic carbocycles. The predicted molar refractivity (Wildman–Crippen MR) is 73.2 cm³/mol. The number of hydrogen-bond donors (Lipinski definition) is 0. The molecule has 0 aliphatic heterocycles. The van der Waals surface area contributed by atoms with Gasteiger partial charge in [-0.3, -0.25) is 0 Å². The van der Waals surface area contributed by atoms with Crippen LogP contribution < -0.4 is 0 Å². The lowest BCUT2D eigenvalue weighted by Gasteiger charge is -2.27. The van der Waals surface area contributed by atoms with Crippen LogP contribution in [-0.2, 0) is 10.0 Å². The van der Waals surface area contributed by atoms with Gasteiger partial charge in [0.2, 0.25) is 10.0 Å². The fourth-order valence-electron chi connectivity index (χ4n) is 2.59. The first-order valence-electron chi connectivity index (χ1n) is 6.49. The summed E-state index contributed by atoms with van der Waals surface area (Å²) in [6.45, 7) is 0.130. The summed E-state index contributed by atoms with van der Waals surface area (Å²) < 4.78 is 53.0. The molecule has 20 heavy (non-hydrogen) atoms. The highest BCUT2D eigenvalue weighted by atomic mass is 35.5. The summed E-state index contributed by atoms with van der Waals surface area (Å²) in [5, 5.41) is 0. The van der Waals surface area contributed by atoms with Crippen molar-refractivity contribution in [2.45, 2.75) is 36.6 Å². The van der Waals surface area contributed by atoms with Gasteiger partial charge in [0.05, 0.1) is 0 Å². The molecular weight excluding hydrogens is 308 g/mol. The summed E-state index contributed by atoms with van der Waals surface area (Å²) in [6, 6.07) is 2.35. The van der Waals surface area contributed by atoms with Gasteiger partial charge < -0.3 is 0 Å². The van der Waals surface area contributed by atoms with Crippen molar-refractivity contribution >= 4 is 21.6 Å². The van der Waals surface area contributed by atoms with Crippen molar-refractivity contribution in [1.82, 2.24) is 4.31 Å². The van der Waals surface area contributed by atoms with Crippen LogP contribution in [0.25, 0.3) is 0 Å². The van der Waals surface area contributed by atoms with Crippen LogP contribution >= 0.6 is 11.6 Å². The Hall–Kier alpha value is -0.720. The van der Waals surface area contributed by atoms with E-state index in [1.807, 2.05) is 0 Å². The van der Waals surface area contributed by atoms with Crippen LogP contribution in [0.5, 0.6) is 0 Å². The second-order valence-corrected chi connectivity index (χ2v) is 7.05. The van der Waals surface area contributed by atoms with Gasteiger partial charge in [-0.2, -0.15) is 4.31 Å². The van der Waals surface area contributed by atoms with Crippen molar-refractivity contribution < 1.29 is 17.2 Å². The maximum absolute atomic E-state index is 13.8. The minimum Gasteiger partial charge on any atom is -0.207 e. The molecule has 0 amide bonds. The van der Waals surface area contributed by atoms with E-state index < -0.39 is 26.6 Å². The first-order chi connectivity index (χ1) is 9.46. The number of nitrogens with zero attached hydrogens (tertiary/aromatic N) is 1. The Labute approximate surface area is 122 Å². The highest BCUT2D eigenvalue weighted by Crippen LogP contribution is 2.29. The third kappa shape index (κ3) is 3.13. The Bertz CT molecular complexity index is 574. The molecule has 1 aliphatic carbocycles. The minimum atomic E-state index is -3.99. The van der Waals surface area contributed by atoms with Gasteiger partial charge in [0.1, 0.15) is 16.5 Å². The van der Waals surface area contributed by atoms with Crippen molar-refractivity contribution in [3.05, 3.63) is 29.8 Å². The number of halogens is 3. The molecule has 1 aromatic rings. The summed E-state index contributed by atoms with van der Waals surface area (Å²) in [4.78, 5) is -0.490. The van der Waals surface area contributed by atoms with Crippen LogP contribution in [0.15, 0.2) is 23.1 Å². The molecule has 112 valence electrons. The zero-order valence-corrected chi connectivity index (χ0v) is 12.4. The topological polar surface area (TPSA) is 37.4 Å². The van der Waals surface area contributed by atoms with Gasteiger partial charge in [0.25, 0.3) is 0 Å². The average Bonchev–Trinajstić information content (AvgIpc) is 2.88. The van der Waals surface area contributed by atoms with Gasteiger partial charge in [-0.1, -0.05) is 12.8 Å². The van der Waals surface area contributed by atoms with Gasteiger partial charge >= 0.3 is 0 Å². The first-order valence-corrected chi connectivity index (χ1v) is 8.47. The second-order valence-electron chi connectivity index (χ2n) is 4.82. The highest BCUT2D eigenvalue weighted by Gasteiger charge is 2.34. The van der Waals surface area contributed by atoms with Gasteiger partial charge in [-0.05, 0) is 25.0 Å². The van der Waals surface area contributed by atoms with Gasteiger partial charge in [-0.15, -0.1) is 11.6 Å². The Balaban J connectivity index is 2.39. The maximum atomic E-state index is 13.8. The predicted octanol–water partition coefficient (Wildman–Crippen LogP) is 3.14. The van der Waals surface area contributed by atoms with Gasteiger partial charge in [-0.25, -0.2) is 17.2 Å². The lowest BCUT2D eigenvalue weighted by Crippen LogP contribution is -2.40. The molecule has 7 heteroatoms.